The standard InChI is InChI=1S/C27H35FN2O/c1-9-11-26(16-22(5)23(6)28)25(10-2)18-30(24(7)29-8)17-21(4)19-31-27-14-12-20(3)13-15-27/h10-18H,2,6,9,19H2,1,3-5,7-8H3/b21-17+,22-16-,25-18+,26-11+,29-24-. The number of amidine groups is 1. The molecule has 0 amide bonds. The third kappa shape index (κ3) is 9.04. The molecule has 0 spiro atoms. The van der Waals surface area contributed by atoms with Gasteiger partial charge >= 0.3 is 0 Å². The molecule has 1 aromatic carbocycles. The average Bonchev–Trinajstić information content (AvgIpc) is 2.75. The Hall–Kier alpha value is -3.14. The van der Waals surface area contributed by atoms with Crippen LogP contribution in [0, 0.1) is 6.92 Å². The molecule has 166 valence electrons. The minimum Gasteiger partial charge on any atom is -0.489 e. The summed E-state index contributed by atoms with van der Waals surface area (Å²) in [5, 5.41) is 0. The Kier molecular flexibility index (Phi) is 11.0. The van der Waals surface area contributed by atoms with Crippen LogP contribution in [-0.2, 0) is 0 Å². The van der Waals surface area contributed by atoms with Gasteiger partial charge in [-0.15, -0.1) is 0 Å². The van der Waals surface area contributed by atoms with E-state index in [-0.39, 0.29) is 0 Å². The van der Waals surface area contributed by atoms with Crippen molar-refractivity contribution >= 4 is 5.84 Å². The zero-order valence-corrected chi connectivity index (χ0v) is 19.7. The van der Waals surface area contributed by atoms with Crippen molar-refractivity contribution in [1.82, 2.24) is 4.90 Å². The first kappa shape index (κ1) is 25.9. The Morgan fingerprint density at radius 1 is 1.13 bits per heavy atom. The van der Waals surface area contributed by atoms with Crippen LogP contribution in [0.1, 0.15) is 39.7 Å². The lowest BCUT2D eigenvalue weighted by atomic mass is 10.0. The topological polar surface area (TPSA) is 24.8 Å². The number of aryl methyl sites for hydroxylation is 1. The Morgan fingerprint density at radius 2 is 1.77 bits per heavy atom. The molecule has 0 bridgehead atoms. The molecule has 3 nitrogen and oxygen atoms in total. The maximum atomic E-state index is 13.5. The molecule has 0 N–H and O–H groups in total. The fourth-order valence-electron chi connectivity index (χ4n) is 2.63. The Morgan fingerprint density at radius 3 is 2.29 bits per heavy atom. The van der Waals surface area contributed by atoms with Gasteiger partial charge in [-0.2, -0.15) is 0 Å². The van der Waals surface area contributed by atoms with Gasteiger partial charge in [0.25, 0.3) is 0 Å². The van der Waals surface area contributed by atoms with Crippen LogP contribution in [0.25, 0.3) is 0 Å². The van der Waals surface area contributed by atoms with Gasteiger partial charge in [-0.1, -0.05) is 49.9 Å². The van der Waals surface area contributed by atoms with Gasteiger partial charge in [-0.05, 0) is 74.6 Å². The number of benzene rings is 1. The molecule has 0 radical (unpaired) electrons. The Bertz CT molecular complexity index is 915. The van der Waals surface area contributed by atoms with Gasteiger partial charge in [0, 0.05) is 19.4 Å². The smallest absolute Gasteiger partial charge is 0.119 e. The SMILES string of the molecule is C=CC(=C\N(/C=C(\C)COc1ccc(C)cc1)/C(C)=N\C)/C(/C=C(/C)C(=C)F)=C/CC. The zero-order valence-electron chi connectivity index (χ0n) is 19.7. The van der Waals surface area contributed by atoms with E-state index in [1.807, 2.05) is 75.3 Å². The van der Waals surface area contributed by atoms with Crippen molar-refractivity contribution in [1.29, 1.82) is 0 Å². The Labute approximate surface area is 187 Å². The first-order valence-electron chi connectivity index (χ1n) is 10.4. The van der Waals surface area contributed by atoms with Crippen LogP contribution in [0.3, 0.4) is 0 Å². The van der Waals surface area contributed by atoms with Crippen molar-refractivity contribution in [3.63, 3.8) is 0 Å². The summed E-state index contributed by atoms with van der Waals surface area (Å²) >= 11 is 0. The van der Waals surface area contributed by atoms with Crippen LogP contribution in [-0.4, -0.2) is 24.4 Å². The van der Waals surface area contributed by atoms with Crippen LogP contribution in [0.4, 0.5) is 4.39 Å². The molecule has 0 fully saturated rings. The third-order valence-electron chi connectivity index (χ3n) is 4.60. The second-order valence-corrected chi connectivity index (χ2v) is 7.34. The lowest BCUT2D eigenvalue weighted by Gasteiger charge is -2.19. The normalized spacial score (nSPS) is 13.8. The summed E-state index contributed by atoms with van der Waals surface area (Å²) in [5.74, 6) is 1.19. The molecule has 0 aromatic heterocycles. The van der Waals surface area contributed by atoms with E-state index in [2.05, 4.69) is 18.2 Å². The largest absolute Gasteiger partial charge is 0.489 e. The predicted molar refractivity (Wildman–Crippen MR) is 132 cm³/mol. The van der Waals surface area contributed by atoms with Gasteiger partial charge in [-0.25, -0.2) is 4.39 Å². The highest BCUT2D eigenvalue weighted by molar-refractivity contribution is 5.82. The first-order chi connectivity index (χ1) is 14.7. The fraction of sp³-hybridized carbons (Fsp3) is 0.296. The van der Waals surface area contributed by atoms with Crippen LogP contribution in [0.2, 0.25) is 0 Å². The summed E-state index contributed by atoms with van der Waals surface area (Å²) in [7, 11) is 1.75. The van der Waals surface area contributed by atoms with Crippen molar-refractivity contribution in [2.75, 3.05) is 13.7 Å². The number of rotatable bonds is 10. The molecule has 1 aromatic rings. The van der Waals surface area contributed by atoms with E-state index in [9.17, 15) is 4.39 Å². The van der Waals surface area contributed by atoms with Gasteiger partial charge in [-0.3, -0.25) is 4.99 Å². The highest BCUT2D eigenvalue weighted by atomic mass is 19.1. The molecule has 0 saturated carbocycles. The molecule has 0 aliphatic heterocycles. The Balaban J connectivity index is 3.21. The van der Waals surface area contributed by atoms with Crippen molar-refractivity contribution in [2.24, 2.45) is 4.99 Å². The summed E-state index contributed by atoms with van der Waals surface area (Å²) in [6, 6.07) is 7.97. The number of ether oxygens (including phenoxy) is 1. The number of hydrogen-bond acceptors (Lipinski definition) is 2. The van der Waals surface area contributed by atoms with E-state index in [1.54, 1.807) is 26.1 Å². The van der Waals surface area contributed by atoms with E-state index in [1.165, 1.54) is 5.56 Å². The van der Waals surface area contributed by atoms with E-state index in [0.29, 0.717) is 12.2 Å². The summed E-state index contributed by atoms with van der Waals surface area (Å²) in [6.07, 6.45) is 10.3. The summed E-state index contributed by atoms with van der Waals surface area (Å²) in [4.78, 5) is 6.25. The number of nitrogens with zero attached hydrogens (tertiary/aromatic N) is 2. The lowest BCUT2D eigenvalue weighted by molar-refractivity contribution is 0.350. The van der Waals surface area contributed by atoms with E-state index < -0.39 is 5.83 Å². The zero-order chi connectivity index (χ0) is 23.4. The molecule has 0 atom stereocenters. The molecular weight excluding hydrogens is 387 g/mol. The third-order valence-corrected chi connectivity index (χ3v) is 4.60. The van der Waals surface area contributed by atoms with Crippen LogP contribution in [0.15, 0.2) is 101 Å². The summed E-state index contributed by atoms with van der Waals surface area (Å²) < 4.78 is 19.4. The highest BCUT2D eigenvalue weighted by Crippen LogP contribution is 2.21. The van der Waals surface area contributed by atoms with E-state index in [0.717, 1.165) is 34.7 Å². The molecule has 4 heteroatoms. The number of allylic oxidation sites excluding steroid dienone is 7. The van der Waals surface area contributed by atoms with Crippen LogP contribution < -0.4 is 4.74 Å². The molecule has 1 rings (SSSR count). The molecule has 31 heavy (non-hydrogen) atoms. The molecule has 0 aliphatic carbocycles. The average molecular weight is 423 g/mol. The molecular formula is C27H35FN2O. The summed E-state index contributed by atoms with van der Waals surface area (Å²) in [6.45, 7) is 17.5. The van der Waals surface area contributed by atoms with Crippen molar-refractivity contribution in [2.45, 2.75) is 41.0 Å². The fourth-order valence-corrected chi connectivity index (χ4v) is 2.63. The van der Waals surface area contributed by atoms with Gasteiger partial charge in [0.05, 0.1) is 0 Å². The summed E-state index contributed by atoms with van der Waals surface area (Å²) in [5.41, 5.74) is 4.43. The number of hydrogen-bond donors (Lipinski definition) is 0. The van der Waals surface area contributed by atoms with Gasteiger partial charge in [0.2, 0.25) is 0 Å². The maximum absolute atomic E-state index is 13.5. The van der Waals surface area contributed by atoms with Crippen molar-refractivity contribution < 1.29 is 9.13 Å². The van der Waals surface area contributed by atoms with Gasteiger partial charge < -0.3 is 9.64 Å². The van der Waals surface area contributed by atoms with Crippen LogP contribution in [0.5, 0.6) is 5.75 Å². The second kappa shape index (κ2) is 13.2. The van der Waals surface area contributed by atoms with E-state index >= 15 is 0 Å². The first-order valence-corrected chi connectivity index (χ1v) is 10.4. The molecule has 0 unspecified atom stereocenters. The minimum absolute atomic E-state index is 0.447. The highest BCUT2D eigenvalue weighted by Gasteiger charge is 2.07. The van der Waals surface area contributed by atoms with Crippen LogP contribution >= 0.6 is 0 Å². The van der Waals surface area contributed by atoms with Crippen molar-refractivity contribution in [3.05, 3.63) is 102 Å². The van der Waals surface area contributed by atoms with E-state index in [4.69, 9.17) is 4.74 Å². The second-order valence-electron chi connectivity index (χ2n) is 7.34. The minimum atomic E-state index is -0.447. The number of aliphatic imine (C=N–C) groups is 1. The monoisotopic (exact) mass is 422 g/mol. The molecule has 0 heterocycles. The van der Waals surface area contributed by atoms with Gasteiger partial charge in [0.15, 0.2) is 0 Å². The molecule has 0 saturated heterocycles. The molecule has 0 aliphatic rings. The maximum Gasteiger partial charge on any atom is 0.119 e. The van der Waals surface area contributed by atoms with Crippen molar-refractivity contribution in [3.8, 4) is 5.75 Å². The number of halogens is 1. The lowest BCUT2D eigenvalue weighted by Crippen LogP contribution is -2.19. The quantitative estimate of drug-likeness (QED) is 0.222. The van der Waals surface area contributed by atoms with Gasteiger partial charge in [0.1, 0.15) is 24.0 Å². The predicted octanol–water partition coefficient (Wildman–Crippen LogP) is 7.46.